The molecule has 0 aliphatic heterocycles. The Balaban J connectivity index is 2.03. The van der Waals surface area contributed by atoms with Crippen LogP contribution in [0.1, 0.15) is 75.1 Å². The van der Waals surface area contributed by atoms with Gasteiger partial charge in [-0.2, -0.15) is 0 Å². The van der Waals surface area contributed by atoms with Crippen LogP contribution in [0.15, 0.2) is 0 Å². The number of benzene rings is 1. The Kier molecular flexibility index (Phi) is 14.2. The average Bonchev–Trinajstić information content (AvgIpc) is 2.76. The number of esters is 1. The largest absolute Gasteiger partial charge is 0.459 e. The van der Waals surface area contributed by atoms with Crippen molar-refractivity contribution in [3.8, 4) is 0 Å². The third kappa shape index (κ3) is 10.3. The number of carbonyl (C=O) groups excluding carboxylic acids is 2. The lowest BCUT2D eigenvalue weighted by Gasteiger charge is -2.09. The van der Waals surface area contributed by atoms with Gasteiger partial charge in [0.25, 0.3) is 0 Å². The molecule has 1 rings (SSSR count). The molecule has 0 heterocycles. The van der Waals surface area contributed by atoms with E-state index in [-0.39, 0.29) is 18.3 Å². The quantitative estimate of drug-likeness (QED) is 0.0900. The van der Waals surface area contributed by atoms with Crippen LogP contribution in [0.2, 0.25) is 0 Å². The van der Waals surface area contributed by atoms with Crippen molar-refractivity contribution in [1.29, 1.82) is 0 Å². The lowest BCUT2D eigenvalue weighted by molar-refractivity contribution is -0.109. The molecule has 0 spiro atoms. The van der Waals surface area contributed by atoms with E-state index in [1.807, 2.05) is 0 Å². The van der Waals surface area contributed by atoms with E-state index in [1.165, 1.54) is 24.6 Å². The van der Waals surface area contributed by atoms with Gasteiger partial charge in [-0.3, -0.25) is 4.79 Å². The molecule has 0 amide bonds. The highest BCUT2D eigenvalue weighted by Gasteiger charge is 2.30. The Bertz CT molecular complexity index is 717. The summed E-state index contributed by atoms with van der Waals surface area (Å²) in [6.45, 7) is 1.57. The Morgan fingerprint density at radius 1 is 0.656 bits per heavy atom. The minimum atomic E-state index is -2.33. The van der Waals surface area contributed by atoms with Gasteiger partial charge in [-0.15, -0.1) is 0 Å². The minimum Gasteiger partial charge on any atom is -0.459 e. The van der Waals surface area contributed by atoms with Gasteiger partial charge in [0, 0.05) is 19.3 Å². The summed E-state index contributed by atoms with van der Waals surface area (Å²) in [5.74, 6) is -11.9. The van der Waals surface area contributed by atoms with Crippen LogP contribution in [0.3, 0.4) is 0 Å². The lowest BCUT2D eigenvalue weighted by atomic mass is 10.1. The number of ether oxygens (including phenoxy) is 2. The summed E-state index contributed by atoms with van der Waals surface area (Å²) in [5, 5.41) is 0.166. The van der Waals surface area contributed by atoms with Crippen molar-refractivity contribution in [1.82, 2.24) is 0 Å². The fourth-order valence-electron chi connectivity index (χ4n) is 2.91. The van der Waals surface area contributed by atoms with Crippen LogP contribution >= 0.6 is 11.8 Å². The Morgan fingerprint density at radius 2 is 1.12 bits per heavy atom. The van der Waals surface area contributed by atoms with E-state index in [0.717, 1.165) is 50.7 Å². The van der Waals surface area contributed by atoms with Gasteiger partial charge >= 0.3 is 5.97 Å². The first-order valence-corrected chi connectivity index (χ1v) is 11.7. The van der Waals surface area contributed by atoms with Crippen molar-refractivity contribution in [2.45, 2.75) is 64.7 Å². The molecule has 0 radical (unpaired) electrons. The molecule has 0 N–H and O–H groups in total. The SMILES string of the molecule is CC(=O)SCCCCCCCCCCCOCCOC(=O)c1c(F)c(F)c(F)c(F)c1F. The van der Waals surface area contributed by atoms with Gasteiger partial charge < -0.3 is 9.47 Å². The van der Waals surface area contributed by atoms with Gasteiger partial charge in [0.15, 0.2) is 28.4 Å². The zero-order valence-corrected chi connectivity index (χ0v) is 18.9. The highest BCUT2D eigenvalue weighted by molar-refractivity contribution is 8.13. The van der Waals surface area contributed by atoms with Gasteiger partial charge in [-0.25, -0.2) is 26.7 Å². The smallest absolute Gasteiger partial charge is 0.344 e. The molecule has 0 aliphatic carbocycles. The van der Waals surface area contributed by atoms with Crippen molar-refractivity contribution in [3.05, 3.63) is 34.6 Å². The second kappa shape index (κ2) is 16.0. The molecule has 10 heteroatoms. The molecule has 0 fully saturated rings. The molecule has 32 heavy (non-hydrogen) atoms. The molecular weight excluding hydrogens is 455 g/mol. The molecule has 182 valence electrons. The number of rotatable bonds is 16. The molecule has 0 atom stereocenters. The molecule has 1 aromatic carbocycles. The molecule has 0 unspecified atom stereocenters. The van der Waals surface area contributed by atoms with Crippen LogP contribution in [0.4, 0.5) is 22.0 Å². The first kappa shape index (κ1) is 28.4. The molecule has 4 nitrogen and oxygen atoms in total. The number of carbonyl (C=O) groups is 2. The number of thioether (sulfide) groups is 1. The summed E-state index contributed by atoms with van der Waals surface area (Å²) in [5.41, 5.74) is -1.61. The second-order valence-corrected chi connectivity index (χ2v) is 8.49. The number of hydrogen-bond donors (Lipinski definition) is 0. The Morgan fingerprint density at radius 3 is 1.66 bits per heavy atom. The molecule has 0 aromatic heterocycles. The Hall–Kier alpha value is -1.68. The van der Waals surface area contributed by atoms with Gasteiger partial charge in [0.2, 0.25) is 5.82 Å². The van der Waals surface area contributed by atoms with E-state index in [4.69, 9.17) is 4.74 Å². The summed E-state index contributed by atoms with van der Waals surface area (Å²) in [4.78, 5) is 22.4. The zero-order chi connectivity index (χ0) is 23.9. The summed E-state index contributed by atoms with van der Waals surface area (Å²) in [7, 11) is 0. The maximum absolute atomic E-state index is 13.5. The van der Waals surface area contributed by atoms with Gasteiger partial charge in [0.05, 0.1) is 6.61 Å². The van der Waals surface area contributed by atoms with Crippen molar-refractivity contribution in [2.75, 3.05) is 25.6 Å². The standard InChI is InChI=1S/C22H29F5O4S/c1-15(28)32-14-10-8-6-4-2-3-5-7-9-11-30-12-13-31-22(29)16-17(23)19(25)21(27)20(26)18(16)24/h2-14H2,1H3. The first-order chi connectivity index (χ1) is 15.3. The fourth-order valence-corrected chi connectivity index (χ4v) is 3.55. The van der Waals surface area contributed by atoms with E-state index < -0.39 is 40.6 Å². The van der Waals surface area contributed by atoms with E-state index in [2.05, 4.69) is 4.74 Å². The topological polar surface area (TPSA) is 52.6 Å². The van der Waals surface area contributed by atoms with E-state index in [0.29, 0.717) is 6.61 Å². The summed E-state index contributed by atoms with van der Waals surface area (Å²) >= 11 is 1.37. The van der Waals surface area contributed by atoms with Crippen LogP contribution in [-0.2, 0) is 14.3 Å². The maximum atomic E-state index is 13.5. The van der Waals surface area contributed by atoms with Crippen molar-refractivity contribution >= 4 is 22.8 Å². The van der Waals surface area contributed by atoms with E-state index >= 15 is 0 Å². The third-order valence-electron chi connectivity index (χ3n) is 4.61. The average molecular weight is 485 g/mol. The highest BCUT2D eigenvalue weighted by atomic mass is 32.2. The summed E-state index contributed by atoms with van der Waals surface area (Å²) < 4.78 is 76.0. The van der Waals surface area contributed by atoms with Crippen LogP contribution in [0.25, 0.3) is 0 Å². The van der Waals surface area contributed by atoms with Crippen LogP contribution in [-0.4, -0.2) is 36.7 Å². The molecule has 0 saturated heterocycles. The van der Waals surface area contributed by atoms with Gasteiger partial charge in [-0.1, -0.05) is 56.7 Å². The Labute approximate surface area is 189 Å². The normalized spacial score (nSPS) is 11.1. The van der Waals surface area contributed by atoms with E-state index in [1.54, 1.807) is 6.92 Å². The monoisotopic (exact) mass is 484 g/mol. The predicted molar refractivity (Wildman–Crippen MR) is 112 cm³/mol. The van der Waals surface area contributed by atoms with Gasteiger partial charge in [0.1, 0.15) is 12.2 Å². The number of unbranched alkanes of at least 4 members (excludes halogenated alkanes) is 8. The lowest BCUT2D eigenvalue weighted by Crippen LogP contribution is -2.17. The predicted octanol–water partition coefficient (Wildman–Crippen LogP) is 6.35. The maximum Gasteiger partial charge on any atom is 0.344 e. The fraction of sp³-hybridized carbons (Fsp3) is 0.636. The molecule has 1 aromatic rings. The van der Waals surface area contributed by atoms with Crippen LogP contribution in [0, 0.1) is 29.1 Å². The minimum absolute atomic E-state index is 0.0525. The zero-order valence-electron chi connectivity index (χ0n) is 18.1. The molecule has 0 saturated carbocycles. The van der Waals surface area contributed by atoms with E-state index in [9.17, 15) is 31.5 Å². The van der Waals surface area contributed by atoms with Crippen LogP contribution in [0.5, 0.6) is 0 Å². The highest BCUT2D eigenvalue weighted by Crippen LogP contribution is 2.23. The van der Waals surface area contributed by atoms with Crippen LogP contribution < -0.4 is 0 Å². The van der Waals surface area contributed by atoms with Gasteiger partial charge in [-0.05, 0) is 12.8 Å². The van der Waals surface area contributed by atoms with Crippen molar-refractivity contribution in [2.24, 2.45) is 0 Å². The van der Waals surface area contributed by atoms with Crippen molar-refractivity contribution in [3.63, 3.8) is 0 Å². The molecule has 0 bridgehead atoms. The molecule has 0 aliphatic rings. The number of hydrogen-bond acceptors (Lipinski definition) is 5. The van der Waals surface area contributed by atoms with Crippen molar-refractivity contribution < 1.29 is 41.0 Å². The second-order valence-electron chi connectivity index (χ2n) is 7.22. The first-order valence-electron chi connectivity index (χ1n) is 10.7. The number of halogens is 5. The summed E-state index contributed by atoms with van der Waals surface area (Å²) in [6, 6.07) is 0. The molecular formula is C22H29F5O4S. The summed E-state index contributed by atoms with van der Waals surface area (Å²) in [6.07, 6.45) is 9.69. The third-order valence-corrected chi connectivity index (χ3v) is 5.51.